The first-order chi connectivity index (χ1) is 9.62. The molecule has 2 N–H and O–H groups in total. The number of nitrogens with zero attached hydrogens (tertiary/aromatic N) is 1. The molecule has 0 spiro atoms. The van der Waals surface area contributed by atoms with Crippen LogP contribution in [0.3, 0.4) is 0 Å². The van der Waals surface area contributed by atoms with Crippen LogP contribution in [0.2, 0.25) is 0 Å². The fourth-order valence-electron chi connectivity index (χ4n) is 1.79. The van der Waals surface area contributed by atoms with Gasteiger partial charge in [-0.3, -0.25) is 0 Å². The van der Waals surface area contributed by atoms with Gasteiger partial charge >= 0.3 is 5.97 Å². The summed E-state index contributed by atoms with van der Waals surface area (Å²) in [5, 5.41) is 17.9. The molecule has 0 saturated heterocycles. The Bertz CT molecular complexity index is 647. The standard InChI is InChI=1S/C12H15BrFNO5S/c1-7(2)15(3-4-16)21(19,20)10-6-8(13)5-9(11(10)14)12(17)18/h5-7,16H,3-4H2,1-2H3,(H,17,18). The molecule has 0 saturated carbocycles. The Hall–Kier alpha value is -1.03. The number of carbonyl (C=O) groups is 1. The van der Waals surface area contributed by atoms with Crippen LogP contribution in [0.4, 0.5) is 4.39 Å². The molecule has 21 heavy (non-hydrogen) atoms. The molecule has 0 aliphatic heterocycles. The third-order valence-electron chi connectivity index (χ3n) is 2.72. The second-order valence-electron chi connectivity index (χ2n) is 4.50. The zero-order valence-corrected chi connectivity index (χ0v) is 13.8. The minimum atomic E-state index is -4.27. The molecule has 0 unspecified atom stereocenters. The van der Waals surface area contributed by atoms with Gasteiger partial charge in [-0.25, -0.2) is 17.6 Å². The van der Waals surface area contributed by atoms with Crippen LogP contribution in [0.5, 0.6) is 0 Å². The number of aliphatic hydroxyl groups is 1. The highest BCUT2D eigenvalue weighted by Gasteiger charge is 2.31. The van der Waals surface area contributed by atoms with Crippen LogP contribution in [0.25, 0.3) is 0 Å². The number of hydrogen-bond donors (Lipinski definition) is 2. The lowest BCUT2D eigenvalue weighted by atomic mass is 10.2. The minimum Gasteiger partial charge on any atom is -0.478 e. The Kier molecular flexibility index (Phi) is 5.85. The van der Waals surface area contributed by atoms with Gasteiger partial charge in [-0.2, -0.15) is 4.31 Å². The van der Waals surface area contributed by atoms with Gasteiger partial charge in [0.2, 0.25) is 10.0 Å². The van der Waals surface area contributed by atoms with E-state index in [9.17, 15) is 17.6 Å². The van der Waals surface area contributed by atoms with Gasteiger partial charge in [0.25, 0.3) is 0 Å². The number of halogens is 2. The summed E-state index contributed by atoms with van der Waals surface area (Å²) in [5.41, 5.74) is -0.740. The van der Waals surface area contributed by atoms with E-state index in [-0.39, 0.29) is 11.0 Å². The smallest absolute Gasteiger partial charge is 0.338 e. The molecular weight excluding hydrogens is 369 g/mol. The van der Waals surface area contributed by atoms with Crippen LogP contribution in [-0.2, 0) is 10.0 Å². The first-order valence-electron chi connectivity index (χ1n) is 5.98. The summed E-state index contributed by atoms with van der Waals surface area (Å²) in [6.45, 7) is 2.50. The van der Waals surface area contributed by atoms with Crippen molar-refractivity contribution in [3.63, 3.8) is 0 Å². The number of benzene rings is 1. The maximum absolute atomic E-state index is 14.2. The van der Waals surface area contributed by atoms with Crippen molar-refractivity contribution in [1.82, 2.24) is 4.31 Å². The number of sulfonamides is 1. The van der Waals surface area contributed by atoms with E-state index in [4.69, 9.17) is 10.2 Å². The van der Waals surface area contributed by atoms with Crippen molar-refractivity contribution in [2.24, 2.45) is 0 Å². The molecular formula is C12H15BrFNO5S. The van der Waals surface area contributed by atoms with Crippen molar-refractivity contribution in [2.75, 3.05) is 13.2 Å². The van der Waals surface area contributed by atoms with E-state index < -0.39 is 44.9 Å². The first kappa shape index (κ1) is 18.0. The fourth-order valence-corrected chi connectivity index (χ4v) is 4.14. The summed E-state index contributed by atoms with van der Waals surface area (Å²) in [7, 11) is -4.27. The molecule has 0 aliphatic carbocycles. The SMILES string of the molecule is CC(C)N(CCO)S(=O)(=O)c1cc(Br)cc(C(=O)O)c1F. The summed E-state index contributed by atoms with van der Waals surface area (Å²) in [6.07, 6.45) is 0. The van der Waals surface area contributed by atoms with Crippen LogP contribution >= 0.6 is 15.9 Å². The lowest BCUT2D eigenvalue weighted by molar-refractivity contribution is 0.0691. The third kappa shape index (κ3) is 3.79. The summed E-state index contributed by atoms with van der Waals surface area (Å²) in [4.78, 5) is 10.2. The molecule has 0 heterocycles. The first-order valence-corrected chi connectivity index (χ1v) is 8.21. The van der Waals surface area contributed by atoms with Gasteiger partial charge in [-0.1, -0.05) is 15.9 Å². The second kappa shape index (κ2) is 6.82. The highest BCUT2D eigenvalue weighted by Crippen LogP contribution is 2.27. The van der Waals surface area contributed by atoms with Gasteiger partial charge in [-0.05, 0) is 26.0 Å². The van der Waals surface area contributed by atoms with Crippen molar-refractivity contribution >= 4 is 31.9 Å². The van der Waals surface area contributed by atoms with Crippen LogP contribution in [-0.4, -0.2) is 48.1 Å². The molecule has 1 rings (SSSR count). The van der Waals surface area contributed by atoms with E-state index in [1.807, 2.05) is 0 Å². The number of carboxylic acid groups (broad SMARTS) is 1. The predicted octanol–water partition coefficient (Wildman–Crippen LogP) is 1.68. The fraction of sp³-hybridized carbons (Fsp3) is 0.417. The largest absolute Gasteiger partial charge is 0.478 e. The van der Waals surface area contributed by atoms with Gasteiger partial charge in [0.15, 0.2) is 5.82 Å². The van der Waals surface area contributed by atoms with Crippen molar-refractivity contribution in [3.05, 3.63) is 28.0 Å². The molecule has 0 amide bonds. The average Bonchev–Trinajstić information content (AvgIpc) is 2.37. The Morgan fingerprint density at radius 1 is 1.43 bits per heavy atom. The molecule has 0 atom stereocenters. The van der Waals surface area contributed by atoms with Crippen LogP contribution in [0.15, 0.2) is 21.5 Å². The number of aromatic carboxylic acids is 1. The highest BCUT2D eigenvalue weighted by atomic mass is 79.9. The molecule has 0 fully saturated rings. The summed E-state index contributed by atoms with van der Waals surface area (Å²) < 4.78 is 40.2. The quantitative estimate of drug-likeness (QED) is 0.778. The number of hydrogen-bond acceptors (Lipinski definition) is 4. The third-order valence-corrected chi connectivity index (χ3v) is 5.25. The molecule has 0 aliphatic rings. The molecule has 1 aromatic carbocycles. The molecule has 6 nitrogen and oxygen atoms in total. The Morgan fingerprint density at radius 3 is 2.43 bits per heavy atom. The lowest BCUT2D eigenvalue weighted by Crippen LogP contribution is -2.39. The number of rotatable bonds is 6. The van der Waals surface area contributed by atoms with E-state index in [1.54, 1.807) is 13.8 Å². The molecule has 9 heteroatoms. The van der Waals surface area contributed by atoms with Gasteiger partial charge in [0, 0.05) is 17.1 Å². The number of aliphatic hydroxyl groups excluding tert-OH is 1. The monoisotopic (exact) mass is 383 g/mol. The van der Waals surface area contributed by atoms with Crippen molar-refractivity contribution < 1.29 is 27.8 Å². The Morgan fingerprint density at radius 2 is 2.00 bits per heavy atom. The van der Waals surface area contributed by atoms with E-state index in [0.29, 0.717) is 0 Å². The maximum atomic E-state index is 14.2. The molecule has 118 valence electrons. The maximum Gasteiger partial charge on any atom is 0.338 e. The zero-order valence-electron chi connectivity index (χ0n) is 11.4. The van der Waals surface area contributed by atoms with E-state index in [2.05, 4.69) is 15.9 Å². The Labute approximate surface area is 130 Å². The number of carboxylic acids is 1. The second-order valence-corrected chi connectivity index (χ2v) is 7.28. The van der Waals surface area contributed by atoms with Gasteiger partial charge in [-0.15, -0.1) is 0 Å². The van der Waals surface area contributed by atoms with E-state index >= 15 is 0 Å². The molecule has 0 bridgehead atoms. The van der Waals surface area contributed by atoms with Crippen molar-refractivity contribution in [1.29, 1.82) is 0 Å². The summed E-state index contributed by atoms with van der Waals surface area (Å²) >= 11 is 2.97. The van der Waals surface area contributed by atoms with E-state index in [1.165, 1.54) is 0 Å². The van der Waals surface area contributed by atoms with Gasteiger partial charge < -0.3 is 10.2 Å². The van der Waals surface area contributed by atoms with Crippen molar-refractivity contribution in [3.8, 4) is 0 Å². The summed E-state index contributed by atoms with van der Waals surface area (Å²) in [6, 6.07) is 1.47. The molecule has 0 aromatic heterocycles. The highest BCUT2D eigenvalue weighted by molar-refractivity contribution is 9.10. The van der Waals surface area contributed by atoms with Crippen molar-refractivity contribution in [2.45, 2.75) is 24.8 Å². The normalized spacial score (nSPS) is 12.1. The molecule has 1 aromatic rings. The summed E-state index contributed by atoms with van der Waals surface area (Å²) in [5.74, 6) is -2.89. The van der Waals surface area contributed by atoms with Gasteiger partial charge in [0.05, 0.1) is 12.2 Å². The Balaban J connectivity index is 3.54. The zero-order chi connectivity index (χ0) is 16.4. The predicted molar refractivity (Wildman–Crippen MR) is 77.2 cm³/mol. The lowest BCUT2D eigenvalue weighted by Gasteiger charge is -2.25. The average molecular weight is 384 g/mol. The van der Waals surface area contributed by atoms with Crippen LogP contribution < -0.4 is 0 Å². The van der Waals surface area contributed by atoms with Crippen LogP contribution in [0, 0.1) is 5.82 Å². The molecule has 0 radical (unpaired) electrons. The van der Waals surface area contributed by atoms with Crippen LogP contribution in [0.1, 0.15) is 24.2 Å². The topological polar surface area (TPSA) is 94.9 Å². The van der Waals surface area contributed by atoms with E-state index in [0.717, 1.165) is 16.4 Å². The minimum absolute atomic E-state index is 0.132. The van der Waals surface area contributed by atoms with Gasteiger partial charge in [0.1, 0.15) is 4.90 Å².